The number of hydrogen-bond acceptors (Lipinski definition) is 7. The van der Waals surface area contributed by atoms with Gasteiger partial charge in [-0.1, -0.05) is 12.1 Å². The van der Waals surface area contributed by atoms with Gasteiger partial charge in [-0.3, -0.25) is 0 Å². The highest BCUT2D eigenvalue weighted by Gasteiger charge is 2.43. The summed E-state index contributed by atoms with van der Waals surface area (Å²) in [6.07, 6.45) is -1.85. The number of ether oxygens (including phenoxy) is 1. The van der Waals surface area contributed by atoms with Gasteiger partial charge in [0.2, 0.25) is 6.29 Å². The summed E-state index contributed by atoms with van der Waals surface area (Å²) in [7, 11) is 0. The summed E-state index contributed by atoms with van der Waals surface area (Å²) in [4.78, 5) is 25.1. The third kappa shape index (κ3) is 2.31. The smallest absolute Gasteiger partial charge is 0.344 e. The lowest BCUT2D eigenvalue weighted by Crippen LogP contribution is -2.26. The first kappa shape index (κ1) is 17.4. The van der Waals surface area contributed by atoms with Crippen LogP contribution in [0.15, 0.2) is 54.8 Å². The van der Waals surface area contributed by atoms with Crippen LogP contribution in [0.1, 0.15) is 17.0 Å². The van der Waals surface area contributed by atoms with E-state index in [4.69, 9.17) is 13.6 Å². The van der Waals surface area contributed by atoms with Gasteiger partial charge < -0.3 is 23.8 Å². The molecule has 2 unspecified atom stereocenters. The minimum Gasteiger partial charge on any atom is -0.506 e. The maximum Gasteiger partial charge on any atom is 0.344 e. The molecule has 4 aromatic rings. The van der Waals surface area contributed by atoms with E-state index in [2.05, 4.69) is 0 Å². The largest absolute Gasteiger partial charge is 0.506 e. The highest BCUT2D eigenvalue weighted by Crippen LogP contribution is 2.46. The fraction of sp³-hybridized carbons (Fsp3) is 0.100. The number of aliphatic hydroxyl groups is 1. The van der Waals surface area contributed by atoms with Gasteiger partial charge >= 0.3 is 11.3 Å². The first-order chi connectivity index (χ1) is 13.9. The quantitative estimate of drug-likeness (QED) is 0.473. The molecule has 29 heavy (non-hydrogen) atoms. The summed E-state index contributed by atoms with van der Waals surface area (Å²) in [6, 6.07) is 7.35. The first-order valence-electron chi connectivity index (χ1n) is 8.42. The molecule has 0 saturated heterocycles. The molecule has 2 atom stereocenters. The van der Waals surface area contributed by atoms with Crippen molar-refractivity contribution in [3.05, 3.63) is 80.0 Å². The van der Waals surface area contributed by atoms with Gasteiger partial charge in [0.15, 0.2) is 0 Å². The molecule has 7 nitrogen and oxygen atoms in total. The molecule has 0 aliphatic carbocycles. The molecular weight excluding hydrogens is 390 g/mol. The number of benzene rings is 2. The Labute approximate surface area is 159 Å². The molecule has 0 saturated carbocycles. The molecule has 1 aliphatic rings. The topological polar surface area (TPSA) is 110 Å². The van der Waals surface area contributed by atoms with Crippen molar-refractivity contribution < 1.29 is 32.6 Å². The summed E-state index contributed by atoms with van der Waals surface area (Å²) in [5.41, 5.74) is -3.45. The van der Waals surface area contributed by atoms with Crippen LogP contribution in [0, 0.1) is 11.6 Å². The van der Waals surface area contributed by atoms with Crippen molar-refractivity contribution in [2.24, 2.45) is 0 Å². The van der Waals surface area contributed by atoms with Gasteiger partial charge in [-0.15, -0.1) is 0 Å². The van der Waals surface area contributed by atoms with Crippen molar-refractivity contribution in [1.29, 1.82) is 0 Å². The average molecular weight is 400 g/mol. The van der Waals surface area contributed by atoms with Crippen LogP contribution in [-0.2, 0) is 0 Å². The molecule has 1 aliphatic heterocycles. The summed E-state index contributed by atoms with van der Waals surface area (Å²) in [5, 5.41) is 20.4. The standard InChI is InChI=1S/C20H10F2O7/c21-7-3-1-5-9-11(7)16(23)14(19(25)27-9)13-15-17(29-18(13)24)12-8(22)4-2-6-10(12)28-20(15)26/h1-6,13,18,23-24H. The molecule has 2 N–H and O–H groups in total. The van der Waals surface area contributed by atoms with Gasteiger partial charge in [0.05, 0.1) is 27.8 Å². The van der Waals surface area contributed by atoms with Crippen LogP contribution in [0.2, 0.25) is 0 Å². The SMILES string of the molecule is O=c1oc2cccc(F)c2c(O)c1C1c2c(c3c(F)cccc3oc2=O)OC1O. The molecule has 0 bridgehead atoms. The molecule has 2 aromatic carbocycles. The highest BCUT2D eigenvalue weighted by molar-refractivity contribution is 5.88. The molecule has 0 amide bonds. The Bertz CT molecular complexity index is 1440. The van der Waals surface area contributed by atoms with Gasteiger partial charge in [0.1, 0.15) is 34.3 Å². The Hall–Kier alpha value is -3.72. The summed E-state index contributed by atoms with van der Waals surface area (Å²) in [5.74, 6) is -4.38. The van der Waals surface area contributed by atoms with E-state index in [0.29, 0.717) is 0 Å². The zero-order valence-electron chi connectivity index (χ0n) is 14.3. The van der Waals surface area contributed by atoms with E-state index in [0.717, 1.165) is 12.1 Å². The second-order valence-electron chi connectivity index (χ2n) is 6.50. The third-order valence-corrected chi connectivity index (χ3v) is 4.91. The first-order valence-corrected chi connectivity index (χ1v) is 8.42. The summed E-state index contributed by atoms with van der Waals surface area (Å²) >= 11 is 0. The van der Waals surface area contributed by atoms with E-state index in [9.17, 15) is 28.6 Å². The van der Waals surface area contributed by atoms with Gasteiger partial charge in [-0.2, -0.15) is 0 Å². The molecule has 0 fully saturated rings. The van der Waals surface area contributed by atoms with E-state index < -0.39 is 51.8 Å². The normalized spacial score (nSPS) is 18.2. The molecule has 9 heteroatoms. The Morgan fingerprint density at radius 3 is 2.03 bits per heavy atom. The lowest BCUT2D eigenvalue weighted by atomic mass is 9.92. The van der Waals surface area contributed by atoms with E-state index in [-0.39, 0.29) is 27.9 Å². The minimum atomic E-state index is -1.85. The van der Waals surface area contributed by atoms with Crippen molar-refractivity contribution in [2.75, 3.05) is 0 Å². The number of rotatable bonds is 1. The second kappa shape index (κ2) is 5.89. The lowest BCUT2D eigenvalue weighted by Gasteiger charge is -2.14. The number of aliphatic hydroxyl groups excluding tert-OH is 1. The molecule has 146 valence electrons. The van der Waals surface area contributed by atoms with Crippen LogP contribution in [-0.4, -0.2) is 16.5 Å². The Morgan fingerprint density at radius 2 is 1.38 bits per heavy atom. The molecule has 3 heterocycles. The molecule has 0 spiro atoms. The number of fused-ring (bicyclic) bond motifs is 4. The van der Waals surface area contributed by atoms with Crippen LogP contribution in [0.4, 0.5) is 8.78 Å². The van der Waals surface area contributed by atoms with Crippen LogP contribution in [0.5, 0.6) is 11.5 Å². The number of hydrogen-bond donors (Lipinski definition) is 2. The Morgan fingerprint density at radius 1 is 0.828 bits per heavy atom. The van der Waals surface area contributed by atoms with Crippen LogP contribution in [0.3, 0.4) is 0 Å². The van der Waals surface area contributed by atoms with Crippen molar-refractivity contribution in [3.8, 4) is 11.5 Å². The van der Waals surface area contributed by atoms with E-state index in [1.165, 1.54) is 24.3 Å². The number of halogens is 2. The van der Waals surface area contributed by atoms with E-state index in [1.54, 1.807) is 0 Å². The predicted molar refractivity (Wildman–Crippen MR) is 95.0 cm³/mol. The second-order valence-corrected chi connectivity index (χ2v) is 6.50. The van der Waals surface area contributed by atoms with Gasteiger partial charge in [-0.25, -0.2) is 18.4 Å². The lowest BCUT2D eigenvalue weighted by molar-refractivity contribution is -0.00994. The zero-order chi connectivity index (χ0) is 20.4. The van der Waals surface area contributed by atoms with Crippen molar-refractivity contribution in [3.63, 3.8) is 0 Å². The predicted octanol–water partition coefficient (Wildman–Crippen LogP) is 2.73. The van der Waals surface area contributed by atoms with Crippen molar-refractivity contribution >= 4 is 21.9 Å². The number of aromatic hydroxyl groups is 1. The van der Waals surface area contributed by atoms with E-state index >= 15 is 0 Å². The maximum absolute atomic E-state index is 14.3. The summed E-state index contributed by atoms with van der Waals surface area (Å²) in [6.45, 7) is 0. The third-order valence-electron chi connectivity index (χ3n) is 4.91. The van der Waals surface area contributed by atoms with Crippen LogP contribution < -0.4 is 16.0 Å². The fourth-order valence-electron chi connectivity index (χ4n) is 3.68. The van der Waals surface area contributed by atoms with Gasteiger partial charge in [-0.05, 0) is 24.3 Å². The molecule has 2 aromatic heterocycles. The molecular formula is C20H10F2O7. The van der Waals surface area contributed by atoms with Gasteiger partial charge in [0.25, 0.3) is 0 Å². The maximum atomic E-state index is 14.3. The monoisotopic (exact) mass is 400 g/mol. The Balaban J connectivity index is 1.87. The highest BCUT2D eigenvalue weighted by atomic mass is 19.1. The zero-order valence-corrected chi connectivity index (χ0v) is 14.3. The van der Waals surface area contributed by atoms with Crippen LogP contribution in [0.25, 0.3) is 21.9 Å². The van der Waals surface area contributed by atoms with Crippen LogP contribution >= 0.6 is 0 Å². The van der Waals surface area contributed by atoms with Crippen molar-refractivity contribution in [2.45, 2.75) is 12.2 Å². The van der Waals surface area contributed by atoms with Crippen molar-refractivity contribution in [1.82, 2.24) is 0 Å². The summed E-state index contributed by atoms with van der Waals surface area (Å²) < 4.78 is 44.0. The van der Waals surface area contributed by atoms with Gasteiger partial charge in [0, 0.05) is 0 Å². The fourth-order valence-corrected chi connectivity index (χ4v) is 3.68. The molecule has 0 radical (unpaired) electrons. The average Bonchev–Trinajstić information content (AvgIpc) is 2.99. The minimum absolute atomic E-state index is 0.123. The van der Waals surface area contributed by atoms with E-state index in [1.807, 2.05) is 0 Å². The molecule has 5 rings (SSSR count). The Kier molecular flexibility index (Phi) is 3.53.